The normalized spacial score (nSPS) is 28.1. The number of rotatable bonds is 4. The zero-order valence-corrected chi connectivity index (χ0v) is 12.5. The molecule has 1 amide bonds. The summed E-state index contributed by atoms with van der Waals surface area (Å²) in [6.07, 6.45) is 1.70. The van der Waals surface area contributed by atoms with Crippen molar-refractivity contribution in [2.75, 3.05) is 0 Å². The highest BCUT2D eigenvalue weighted by molar-refractivity contribution is 7.10. The number of nitrogens with one attached hydrogen (secondary N) is 1. The second kappa shape index (κ2) is 5.04. The molecule has 0 aliphatic carbocycles. The predicted molar refractivity (Wildman–Crippen MR) is 76.8 cm³/mol. The molecule has 18 heavy (non-hydrogen) atoms. The molecule has 100 valence electrons. The SMILES string of the molecule is CC(C)CC1NC(=O)CC1(c1cccs1)C(C)C. The first-order valence-corrected chi connectivity index (χ1v) is 7.68. The molecule has 1 aromatic rings. The summed E-state index contributed by atoms with van der Waals surface area (Å²) in [5.74, 6) is 1.29. The highest BCUT2D eigenvalue weighted by atomic mass is 32.1. The maximum absolute atomic E-state index is 11.9. The van der Waals surface area contributed by atoms with Crippen LogP contribution in [0.3, 0.4) is 0 Å². The van der Waals surface area contributed by atoms with Gasteiger partial charge in [0.2, 0.25) is 5.91 Å². The summed E-state index contributed by atoms with van der Waals surface area (Å²) in [4.78, 5) is 13.3. The minimum Gasteiger partial charge on any atom is -0.352 e. The van der Waals surface area contributed by atoms with Gasteiger partial charge in [0.25, 0.3) is 0 Å². The Hall–Kier alpha value is -0.830. The van der Waals surface area contributed by atoms with E-state index in [-0.39, 0.29) is 17.4 Å². The average molecular weight is 265 g/mol. The van der Waals surface area contributed by atoms with Crippen LogP contribution in [-0.2, 0) is 10.2 Å². The van der Waals surface area contributed by atoms with Gasteiger partial charge < -0.3 is 5.32 Å². The number of amides is 1. The molecule has 0 saturated carbocycles. The molecule has 2 atom stereocenters. The predicted octanol–water partition coefficient (Wildman–Crippen LogP) is 3.58. The second-order valence-electron chi connectivity index (χ2n) is 6.10. The average Bonchev–Trinajstić information content (AvgIpc) is 2.85. The summed E-state index contributed by atoms with van der Waals surface area (Å²) in [7, 11) is 0. The molecule has 0 bridgehead atoms. The van der Waals surface area contributed by atoms with Crippen molar-refractivity contribution in [3.8, 4) is 0 Å². The molecule has 0 aromatic carbocycles. The number of hydrogen-bond donors (Lipinski definition) is 1. The molecule has 1 aliphatic heterocycles. The molecule has 2 heterocycles. The molecule has 1 aromatic heterocycles. The fourth-order valence-corrected chi connectivity index (χ4v) is 4.33. The highest BCUT2D eigenvalue weighted by Gasteiger charge is 2.50. The van der Waals surface area contributed by atoms with Gasteiger partial charge in [0.15, 0.2) is 0 Å². The van der Waals surface area contributed by atoms with E-state index in [0.717, 1.165) is 6.42 Å². The van der Waals surface area contributed by atoms with Crippen LogP contribution in [0.25, 0.3) is 0 Å². The van der Waals surface area contributed by atoms with Crippen molar-refractivity contribution in [3.05, 3.63) is 22.4 Å². The van der Waals surface area contributed by atoms with E-state index in [0.29, 0.717) is 18.3 Å². The molecule has 1 fully saturated rings. The van der Waals surface area contributed by atoms with E-state index in [1.165, 1.54) is 4.88 Å². The summed E-state index contributed by atoms with van der Waals surface area (Å²) in [6, 6.07) is 4.57. The summed E-state index contributed by atoms with van der Waals surface area (Å²) in [5.41, 5.74) is -0.00444. The van der Waals surface area contributed by atoms with E-state index in [2.05, 4.69) is 50.5 Å². The molecule has 2 unspecified atom stereocenters. The van der Waals surface area contributed by atoms with Crippen molar-refractivity contribution in [2.45, 2.75) is 52.0 Å². The quantitative estimate of drug-likeness (QED) is 0.886. The van der Waals surface area contributed by atoms with Crippen molar-refractivity contribution in [3.63, 3.8) is 0 Å². The topological polar surface area (TPSA) is 29.1 Å². The van der Waals surface area contributed by atoms with Gasteiger partial charge in [-0.1, -0.05) is 33.8 Å². The Labute approximate surface area is 114 Å². The van der Waals surface area contributed by atoms with Crippen LogP contribution < -0.4 is 5.32 Å². The van der Waals surface area contributed by atoms with Gasteiger partial charge in [-0.15, -0.1) is 11.3 Å². The molecule has 1 saturated heterocycles. The molecular weight excluding hydrogens is 242 g/mol. The van der Waals surface area contributed by atoms with Crippen LogP contribution in [0.1, 0.15) is 45.4 Å². The Bertz CT molecular complexity index is 410. The van der Waals surface area contributed by atoms with E-state index in [1.807, 2.05) is 0 Å². The molecular formula is C15H23NOS. The third-order valence-electron chi connectivity index (χ3n) is 4.13. The monoisotopic (exact) mass is 265 g/mol. The Morgan fingerprint density at radius 1 is 1.44 bits per heavy atom. The fraction of sp³-hybridized carbons (Fsp3) is 0.667. The van der Waals surface area contributed by atoms with E-state index in [9.17, 15) is 4.79 Å². The smallest absolute Gasteiger partial charge is 0.221 e. The third kappa shape index (κ3) is 2.20. The van der Waals surface area contributed by atoms with Crippen LogP contribution in [0.15, 0.2) is 17.5 Å². The van der Waals surface area contributed by atoms with Crippen molar-refractivity contribution in [1.82, 2.24) is 5.32 Å². The highest BCUT2D eigenvalue weighted by Crippen LogP contribution is 2.46. The summed E-state index contributed by atoms with van der Waals surface area (Å²) < 4.78 is 0. The van der Waals surface area contributed by atoms with Gasteiger partial charge in [0.1, 0.15) is 0 Å². The van der Waals surface area contributed by atoms with Gasteiger partial charge in [0, 0.05) is 22.8 Å². The van der Waals surface area contributed by atoms with Crippen LogP contribution in [0, 0.1) is 11.8 Å². The minimum absolute atomic E-state index is 0.00444. The minimum atomic E-state index is -0.00444. The van der Waals surface area contributed by atoms with Crippen molar-refractivity contribution in [1.29, 1.82) is 0 Å². The Morgan fingerprint density at radius 3 is 2.67 bits per heavy atom. The van der Waals surface area contributed by atoms with Crippen molar-refractivity contribution < 1.29 is 4.79 Å². The molecule has 3 heteroatoms. The van der Waals surface area contributed by atoms with Gasteiger partial charge in [0.05, 0.1) is 0 Å². The Morgan fingerprint density at radius 2 is 2.17 bits per heavy atom. The maximum atomic E-state index is 11.9. The summed E-state index contributed by atoms with van der Waals surface area (Å²) in [5, 5.41) is 5.33. The van der Waals surface area contributed by atoms with Crippen LogP contribution in [0.2, 0.25) is 0 Å². The van der Waals surface area contributed by atoms with Gasteiger partial charge in [-0.05, 0) is 29.7 Å². The number of carbonyl (C=O) groups excluding carboxylic acids is 1. The first-order valence-electron chi connectivity index (χ1n) is 6.80. The molecule has 0 spiro atoms. The van der Waals surface area contributed by atoms with Crippen molar-refractivity contribution in [2.24, 2.45) is 11.8 Å². The van der Waals surface area contributed by atoms with Crippen LogP contribution in [-0.4, -0.2) is 11.9 Å². The lowest BCUT2D eigenvalue weighted by atomic mass is 9.68. The maximum Gasteiger partial charge on any atom is 0.221 e. The zero-order valence-electron chi connectivity index (χ0n) is 11.7. The van der Waals surface area contributed by atoms with Crippen LogP contribution in [0.4, 0.5) is 0 Å². The summed E-state index contributed by atoms with van der Waals surface area (Å²) in [6.45, 7) is 8.94. The van der Waals surface area contributed by atoms with Crippen LogP contribution in [0.5, 0.6) is 0 Å². The van der Waals surface area contributed by atoms with Gasteiger partial charge in [-0.3, -0.25) is 4.79 Å². The number of thiophene rings is 1. The Balaban J connectivity index is 2.41. The standard InChI is InChI=1S/C15H23NOS/c1-10(2)8-12-15(11(3)4,9-14(17)16-12)13-6-5-7-18-13/h5-7,10-12H,8-9H2,1-4H3,(H,16,17). The largest absolute Gasteiger partial charge is 0.352 e. The van der Waals surface area contributed by atoms with Gasteiger partial charge >= 0.3 is 0 Å². The third-order valence-corrected chi connectivity index (χ3v) is 5.19. The summed E-state index contributed by atoms with van der Waals surface area (Å²) >= 11 is 1.79. The van der Waals surface area contributed by atoms with E-state index < -0.39 is 0 Å². The number of carbonyl (C=O) groups is 1. The Kier molecular flexibility index (Phi) is 3.81. The fourth-order valence-electron chi connectivity index (χ4n) is 3.20. The van der Waals surface area contributed by atoms with E-state index >= 15 is 0 Å². The first kappa shape index (κ1) is 13.6. The van der Waals surface area contributed by atoms with Gasteiger partial charge in [-0.25, -0.2) is 0 Å². The lowest BCUT2D eigenvalue weighted by Crippen LogP contribution is -2.44. The zero-order chi connectivity index (χ0) is 13.3. The molecule has 2 nitrogen and oxygen atoms in total. The van der Waals surface area contributed by atoms with Crippen molar-refractivity contribution >= 4 is 17.2 Å². The molecule has 1 N–H and O–H groups in total. The first-order chi connectivity index (χ1) is 8.46. The molecule has 0 radical (unpaired) electrons. The second-order valence-corrected chi connectivity index (χ2v) is 7.05. The lowest BCUT2D eigenvalue weighted by Gasteiger charge is -2.38. The van der Waals surface area contributed by atoms with Gasteiger partial charge in [-0.2, -0.15) is 0 Å². The molecule has 1 aliphatic rings. The van der Waals surface area contributed by atoms with E-state index in [4.69, 9.17) is 0 Å². The molecule has 2 rings (SSSR count). The lowest BCUT2D eigenvalue weighted by molar-refractivity contribution is -0.119. The van der Waals surface area contributed by atoms with Crippen LogP contribution >= 0.6 is 11.3 Å². The van der Waals surface area contributed by atoms with E-state index in [1.54, 1.807) is 11.3 Å². The number of hydrogen-bond acceptors (Lipinski definition) is 2.